The van der Waals surface area contributed by atoms with Crippen LogP contribution in [0, 0.1) is 6.92 Å². The summed E-state index contributed by atoms with van der Waals surface area (Å²) in [6.45, 7) is 5.93. The van der Waals surface area contributed by atoms with Crippen LogP contribution < -0.4 is 10.6 Å². The Kier molecular flexibility index (Phi) is 6.82. The number of benzene rings is 1. The van der Waals surface area contributed by atoms with E-state index in [4.69, 9.17) is 47.0 Å². The standard InChI is InChI=1S/C18H19Cl3N6S/c1-3-26-9-13(11(2)24-26)7-22-18(28)23-17-16(21)10-27(25-17)8-12-4-5-14(19)15(20)6-12/h4-6,9-10H,3,7-8H2,1-2H3,(H2,22,23,25,28). The normalized spacial score (nSPS) is 10.9. The molecular formula is C18H19Cl3N6S. The summed E-state index contributed by atoms with van der Waals surface area (Å²) in [4.78, 5) is 0. The summed E-state index contributed by atoms with van der Waals surface area (Å²) in [5, 5.41) is 17.0. The molecule has 0 aliphatic carbocycles. The molecule has 3 aromatic rings. The van der Waals surface area contributed by atoms with Crippen LogP contribution >= 0.6 is 47.0 Å². The lowest BCUT2D eigenvalue weighted by molar-refractivity contribution is 0.653. The Labute approximate surface area is 183 Å². The van der Waals surface area contributed by atoms with Gasteiger partial charge in [0.2, 0.25) is 0 Å². The fourth-order valence-corrected chi connectivity index (χ4v) is 3.30. The average molecular weight is 458 g/mol. The molecule has 0 spiro atoms. The Hall–Kier alpha value is -1.80. The van der Waals surface area contributed by atoms with Crippen molar-refractivity contribution < 1.29 is 0 Å². The molecule has 0 fully saturated rings. The van der Waals surface area contributed by atoms with E-state index in [1.165, 1.54) is 0 Å². The van der Waals surface area contributed by atoms with E-state index in [-0.39, 0.29) is 0 Å². The van der Waals surface area contributed by atoms with Gasteiger partial charge in [0, 0.05) is 31.0 Å². The van der Waals surface area contributed by atoms with E-state index >= 15 is 0 Å². The van der Waals surface area contributed by atoms with Crippen LogP contribution in [-0.4, -0.2) is 24.7 Å². The zero-order valence-corrected chi connectivity index (χ0v) is 18.4. The van der Waals surface area contributed by atoms with Crippen molar-refractivity contribution in [2.75, 3.05) is 5.32 Å². The Morgan fingerprint density at radius 2 is 1.86 bits per heavy atom. The first-order valence-corrected chi connectivity index (χ1v) is 10.1. The van der Waals surface area contributed by atoms with Crippen LogP contribution in [0.15, 0.2) is 30.6 Å². The van der Waals surface area contributed by atoms with Crippen LogP contribution in [0.4, 0.5) is 5.82 Å². The maximum atomic E-state index is 6.28. The van der Waals surface area contributed by atoms with E-state index in [9.17, 15) is 0 Å². The minimum absolute atomic E-state index is 0.435. The molecule has 3 rings (SSSR count). The van der Waals surface area contributed by atoms with Crippen molar-refractivity contribution >= 4 is 58.0 Å². The van der Waals surface area contributed by atoms with Crippen LogP contribution in [-0.2, 0) is 19.6 Å². The van der Waals surface area contributed by atoms with Crippen molar-refractivity contribution in [1.29, 1.82) is 0 Å². The van der Waals surface area contributed by atoms with E-state index in [0.717, 1.165) is 23.4 Å². The number of aryl methyl sites for hydroxylation is 2. The lowest BCUT2D eigenvalue weighted by Gasteiger charge is -2.08. The zero-order chi connectivity index (χ0) is 20.3. The van der Waals surface area contributed by atoms with Gasteiger partial charge in [-0.25, -0.2) is 0 Å². The zero-order valence-electron chi connectivity index (χ0n) is 15.3. The first-order valence-electron chi connectivity index (χ1n) is 8.60. The molecule has 0 saturated carbocycles. The van der Waals surface area contributed by atoms with Gasteiger partial charge in [-0.2, -0.15) is 10.2 Å². The molecule has 2 heterocycles. The average Bonchev–Trinajstić information content (AvgIpc) is 3.18. The molecule has 0 unspecified atom stereocenters. The molecule has 1 aromatic carbocycles. The number of anilines is 1. The van der Waals surface area contributed by atoms with Gasteiger partial charge in [0.05, 0.1) is 22.3 Å². The molecule has 2 aromatic heterocycles. The predicted octanol–water partition coefficient (Wildman–Crippen LogP) is 4.90. The van der Waals surface area contributed by atoms with Crippen molar-refractivity contribution in [3.63, 3.8) is 0 Å². The van der Waals surface area contributed by atoms with E-state index < -0.39 is 0 Å². The predicted molar refractivity (Wildman–Crippen MR) is 118 cm³/mol. The first-order chi connectivity index (χ1) is 13.4. The second kappa shape index (κ2) is 9.13. The maximum Gasteiger partial charge on any atom is 0.173 e. The second-order valence-electron chi connectivity index (χ2n) is 6.17. The largest absolute Gasteiger partial charge is 0.358 e. The number of aromatic nitrogens is 4. The van der Waals surface area contributed by atoms with E-state index in [2.05, 4.69) is 20.8 Å². The van der Waals surface area contributed by atoms with Crippen LogP contribution in [0.2, 0.25) is 15.1 Å². The highest BCUT2D eigenvalue weighted by Gasteiger charge is 2.11. The Bertz CT molecular complexity index is 997. The fraction of sp³-hybridized carbons (Fsp3) is 0.278. The quantitative estimate of drug-likeness (QED) is 0.515. The molecule has 28 heavy (non-hydrogen) atoms. The monoisotopic (exact) mass is 456 g/mol. The van der Waals surface area contributed by atoms with Crippen molar-refractivity contribution in [3.8, 4) is 0 Å². The molecule has 148 valence electrons. The highest BCUT2D eigenvalue weighted by atomic mass is 35.5. The van der Waals surface area contributed by atoms with Gasteiger partial charge in [-0.05, 0) is 43.8 Å². The van der Waals surface area contributed by atoms with Gasteiger partial charge < -0.3 is 10.6 Å². The van der Waals surface area contributed by atoms with Gasteiger partial charge in [0.15, 0.2) is 10.9 Å². The van der Waals surface area contributed by atoms with E-state index in [1.807, 2.05) is 30.8 Å². The summed E-state index contributed by atoms with van der Waals surface area (Å²) < 4.78 is 3.60. The molecular weight excluding hydrogens is 439 g/mol. The minimum Gasteiger partial charge on any atom is -0.358 e. The molecule has 0 aliphatic rings. The number of halogens is 3. The number of hydrogen-bond donors (Lipinski definition) is 2. The van der Waals surface area contributed by atoms with Gasteiger partial charge in [0.1, 0.15) is 5.02 Å². The number of rotatable bonds is 6. The number of nitrogens with one attached hydrogen (secondary N) is 2. The van der Waals surface area contributed by atoms with Gasteiger partial charge in [0.25, 0.3) is 0 Å². The van der Waals surface area contributed by atoms with Crippen LogP contribution in [0.5, 0.6) is 0 Å². The van der Waals surface area contributed by atoms with Crippen molar-refractivity contribution in [3.05, 3.63) is 62.5 Å². The summed E-state index contributed by atoms with van der Waals surface area (Å²) >= 11 is 23.6. The van der Waals surface area contributed by atoms with Crippen molar-refractivity contribution in [1.82, 2.24) is 24.9 Å². The van der Waals surface area contributed by atoms with Gasteiger partial charge >= 0.3 is 0 Å². The Morgan fingerprint density at radius 3 is 2.54 bits per heavy atom. The smallest absolute Gasteiger partial charge is 0.173 e. The summed E-state index contributed by atoms with van der Waals surface area (Å²) in [7, 11) is 0. The summed E-state index contributed by atoms with van der Waals surface area (Å²) in [5.74, 6) is 0.486. The maximum absolute atomic E-state index is 6.28. The van der Waals surface area contributed by atoms with Crippen LogP contribution in [0.3, 0.4) is 0 Å². The van der Waals surface area contributed by atoms with Gasteiger partial charge in [-0.3, -0.25) is 9.36 Å². The third kappa shape index (κ3) is 5.17. The Morgan fingerprint density at radius 1 is 1.07 bits per heavy atom. The first kappa shape index (κ1) is 20.9. The topological polar surface area (TPSA) is 59.7 Å². The van der Waals surface area contributed by atoms with Crippen LogP contribution in [0.1, 0.15) is 23.7 Å². The van der Waals surface area contributed by atoms with E-state index in [0.29, 0.717) is 39.1 Å². The van der Waals surface area contributed by atoms with Gasteiger partial charge in [-0.15, -0.1) is 0 Å². The summed E-state index contributed by atoms with van der Waals surface area (Å²) in [5.41, 5.74) is 3.02. The lowest BCUT2D eigenvalue weighted by atomic mass is 10.2. The molecule has 6 nitrogen and oxygen atoms in total. The minimum atomic E-state index is 0.435. The Balaban J connectivity index is 1.60. The molecule has 0 amide bonds. The van der Waals surface area contributed by atoms with Crippen LogP contribution in [0.25, 0.3) is 0 Å². The highest BCUT2D eigenvalue weighted by Crippen LogP contribution is 2.24. The molecule has 0 atom stereocenters. The number of hydrogen-bond acceptors (Lipinski definition) is 3. The van der Waals surface area contributed by atoms with Crippen molar-refractivity contribution in [2.45, 2.75) is 33.5 Å². The molecule has 0 radical (unpaired) electrons. The lowest BCUT2D eigenvalue weighted by Crippen LogP contribution is -2.28. The highest BCUT2D eigenvalue weighted by molar-refractivity contribution is 7.80. The van der Waals surface area contributed by atoms with Crippen molar-refractivity contribution in [2.24, 2.45) is 0 Å². The summed E-state index contributed by atoms with van der Waals surface area (Å²) in [6.07, 6.45) is 3.73. The molecule has 0 aliphatic heterocycles. The molecule has 10 heteroatoms. The SMILES string of the molecule is CCn1cc(CNC(=S)Nc2nn(Cc3ccc(Cl)c(Cl)c3)cc2Cl)c(C)n1. The molecule has 0 bridgehead atoms. The third-order valence-corrected chi connectivity index (χ3v) is 5.35. The molecule has 0 saturated heterocycles. The summed E-state index contributed by atoms with van der Waals surface area (Å²) in [6, 6.07) is 5.45. The third-order valence-electron chi connectivity index (χ3n) is 4.09. The molecule has 2 N–H and O–H groups in total. The number of nitrogens with zero attached hydrogens (tertiary/aromatic N) is 4. The fourth-order valence-electron chi connectivity index (χ4n) is 2.61. The number of thiocarbonyl (C=S) groups is 1. The second-order valence-corrected chi connectivity index (χ2v) is 7.80. The van der Waals surface area contributed by atoms with E-state index in [1.54, 1.807) is 23.0 Å². The van der Waals surface area contributed by atoms with Gasteiger partial charge in [-0.1, -0.05) is 40.9 Å².